The molecule has 32 heavy (non-hydrogen) atoms. The van der Waals surface area contributed by atoms with Gasteiger partial charge in [-0.1, -0.05) is 54.4 Å². The molecule has 0 bridgehead atoms. The normalized spacial score (nSPS) is 12.2. The molecule has 0 spiro atoms. The van der Waals surface area contributed by atoms with E-state index in [1.54, 1.807) is 49.4 Å². The molecule has 10 heteroatoms. The molecule has 2 aromatic rings. The highest BCUT2D eigenvalue weighted by Crippen LogP contribution is 2.27. The van der Waals surface area contributed by atoms with Crippen molar-refractivity contribution in [2.24, 2.45) is 0 Å². The van der Waals surface area contributed by atoms with Crippen LogP contribution in [0.4, 0.5) is 5.69 Å². The summed E-state index contributed by atoms with van der Waals surface area (Å²) in [5.74, 6) is -0.875. The van der Waals surface area contributed by atoms with Crippen molar-refractivity contribution in [2.75, 3.05) is 23.7 Å². The van der Waals surface area contributed by atoms with Gasteiger partial charge < -0.3 is 10.2 Å². The third-order valence-electron chi connectivity index (χ3n) is 4.76. The zero-order valence-corrected chi connectivity index (χ0v) is 20.5. The zero-order valence-electron chi connectivity index (χ0n) is 18.2. The second kappa shape index (κ2) is 11.5. The first-order valence-electron chi connectivity index (χ1n) is 10.1. The summed E-state index contributed by atoms with van der Waals surface area (Å²) >= 11 is 12.3. The maximum atomic E-state index is 13.4. The van der Waals surface area contributed by atoms with Gasteiger partial charge in [-0.15, -0.1) is 0 Å². The first-order valence-corrected chi connectivity index (χ1v) is 12.7. The fourth-order valence-electron chi connectivity index (χ4n) is 3.06. The molecule has 0 saturated carbocycles. The van der Waals surface area contributed by atoms with Crippen molar-refractivity contribution in [1.29, 1.82) is 0 Å². The molecule has 0 saturated heterocycles. The Labute approximate surface area is 199 Å². The van der Waals surface area contributed by atoms with Crippen LogP contribution in [0.25, 0.3) is 0 Å². The van der Waals surface area contributed by atoms with E-state index in [0.29, 0.717) is 17.1 Å². The Hall–Kier alpha value is -2.29. The van der Waals surface area contributed by atoms with Crippen LogP contribution in [0.1, 0.15) is 25.8 Å². The summed E-state index contributed by atoms with van der Waals surface area (Å²) in [6.45, 7) is 3.58. The Bertz CT molecular complexity index is 1060. The van der Waals surface area contributed by atoms with E-state index in [0.717, 1.165) is 17.0 Å². The van der Waals surface area contributed by atoms with E-state index in [1.807, 2.05) is 6.92 Å². The molecule has 0 aliphatic rings. The zero-order chi connectivity index (χ0) is 23.9. The molecule has 0 radical (unpaired) electrons. The molecule has 1 atom stereocenters. The lowest BCUT2D eigenvalue weighted by Gasteiger charge is -2.31. The third kappa shape index (κ3) is 7.12. The van der Waals surface area contributed by atoms with Crippen molar-refractivity contribution in [3.63, 3.8) is 0 Å². The molecular weight excluding hydrogens is 473 g/mol. The standard InChI is InChI=1S/C22H27Cl2N3O4S/c1-4-12-25-22(29)16(2)26(14-17-8-7-9-18(23)13-17)21(28)15-27(32(3,30)31)20-11-6-5-10-19(20)24/h5-11,13,16H,4,12,14-15H2,1-3H3,(H,25,29)/t16-/m0/s1. The van der Waals surface area contributed by atoms with Crippen LogP contribution in [0.5, 0.6) is 0 Å². The Kier molecular flexibility index (Phi) is 9.36. The number of anilines is 1. The van der Waals surface area contributed by atoms with Gasteiger partial charge in [-0.05, 0) is 43.2 Å². The number of amides is 2. The molecule has 2 amide bonds. The highest BCUT2D eigenvalue weighted by molar-refractivity contribution is 7.92. The predicted octanol–water partition coefficient (Wildman–Crippen LogP) is 3.70. The minimum atomic E-state index is -3.83. The van der Waals surface area contributed by atoms with Crippen LogP contribution in [0, 0.1) is 0 Å². The molecule has 7 nitrogen and oxygen atoms in total. The average Bonchev–Trinajstić information content (AvgIpc) is 2.73. The summed E-state index contributed by atoms with van der Waals surface area (Å²) in [5.41, 5.74) is 0.903. The van der Waals surface area contributed by atoms with Gasteiger partial charge in [0.1, 0.15) is 12.6 Å². The number of para-hydroxylation sites is 1. The monoisotopic (exact) mass is 499 g/mol. The summed E-state index contributed by atoms with van der Waals surface area (Å²) in [6, 6.07) is 12.5. The van der Waals surface area contributed by atoms with Gasteiger partial charge in [0.15, 0.2) is 0 Å². The summed E-state index contributed by atoms with van der Waals surface area (Å²) in [6.07, 6.45) is 1.75. The van der Waals surface area contributed by atoms with Crippen molar-refractivity contribution < 1.29 is 18.0 Å². The van der Waals surface area contributed by atoms with Crippen LogP contribution in [-0.2, 0) is 26.2 Å². The molecule has 2 rings (SSSR count). The number of carbonyl (C=O) groups is 2. The van der Waals surface area contributed by atoms with E-state index < -0.39 is 28.5 Å². The van der Waals surface area contributed by atoms with E-state index in [1.165, 1.54) is 11.0 Å². The first-order chi connectivity index (χ1) is 15.0. The summed E-state index contributed by atoms with van der Waals surface area (Å²) in [7, 11) is -3.83. The number of hydrogen-bond donors (Lipinski definition) is 1. The molecule has 0 unspecified atom stereocenters. The molecule has 0 aliphatic heterocycles. The van der Waals surface area contributed by atoms with Crippen LogP contribution < -0.4 is 9.62 Å². The lowest BCUT2D eigenvalue weighted by atomic mass is 10.1. The molecular formula is C22H27Cl2N3O4S. The van der Waals surface area contributed by atoms with Crippen LogP contribution >= 0.6 is 23.2 Å². The van der Waals surface area contributed by atoms with Gasteiger partial charge in [0.05, 0.1) is 17.0 Å². The minimum Gasteiger partial charge on any atom is -0.354 e. The van der Waals surface area contributed by atoms with Crippen molar-refractivity contribution >= 4 is 50.7 Å². The number of nitrogens with one attached hydrogen (secondary N) is 1. The molecule has 0 aliphatic carbocycles. The quantitative estimate of drug-likeness (QED) is 0.539. The lowest BCUT2D eigenvalue weighted by molar-refractivity contribution is -0.139. The van der Waals surface area contributed by atoms with Gasteiger partial charge in [0.25, 0.3) is 0 Å². The van der Waals surface area contributed by atoms with Crippen molar-refractivity contribution in [3.05, 3.63) is 64.1 Å². The molecule has 1 N–H and O–H groups in total. The molecule has 2 aromatic carbocycles. The minimum absolute atomic E-state index is 0.0836. The molecule has 174 valence electrons. The smallest absolute Gasteiger partial charge is 0.244 e. The van der Waals surface area contributed by atoms with Gasteiger partial charge in [-0.25, -0.2) is 8.42 Å². The lowest BCUT2D eigenvalue weighted by Crippen LogP contribution is -2.51. The topological polar surface area (TPSA) is 86.8 Å². The molecule has 0 heterocycles. The SMILES string of the molecule is CCCNC(=O)[C@H](C)N(Cc1cccc(Cl)c1)C(=O)CN(c1ccccc1Cl)S(C)(=O)=O. The van der Waals surface area contributed by atoms with E-state index in [2.05, 4.69) is 5.32 Å². The van der Waals surface area contributed by atoms with Crippen molar-refractivity contribution in [2.45, 2.75) is 32.9 Å². The second-order valence-electron chi connectivity index (χ2n) is 7.34. The highest BCUT2D eigenvalue weighted by Gasteiger charge is 2.30. The Balaban J connectivity index is 2.38. The third-order valence-corrected chi connectivity index (χ3v) is 6.44. The maximum Gasteiger partial charge on any atom is 0.244 e. The number of carbonyl (C=O) groups excluding carboxylic acids is 2. The largest absolute Gasteiger partial charge is 0.354 e. The Morgan fingerprint density at radius 2 is 1.78 bits per heavy atom. The van der Waals surface area contributed by atoms with Gasteiger partial charge in [0, 0.05) is 18.1 Å². The van der Waals surface area contributed by atoms with Gasteiger partial charge in [0.2, 0.25) is 21.8 Å². The summed E-state index contributed by atoms with van der Waals surface area (Å²) in [5, 5.41) is 3.46. The van der Waals surface area contributed by atoms with E-state index >= 15 is 0 Å². The number of benzene rings is 2. The van der Waals surface area contributed by atoms with E-state index in [4.69, 9.17) is 23.2 Å². The van der Waals surface area contributed by atoms with Crippen LogP contribution in [0.15, 0.2) is 48.5 Å². The van der Waals surface area contributed by atoms with Crippen molar-refractivity contribution in [3.8, 4) is 0 Å². The number of halogens is 2. The van der Waals surface area contributed by atoms with Gasteiger partial charge >= 0.3 is 0 Å². The Morgan fingerprint density at radius 1 is 1.09 bits per heavy atom. The number of sulfonamides is 1. The van der Waals surface area contributed by atoms with Gasteiger partial charge in [-0.3, -0.25) is 13.9 Å². The fraction of sp³-hybridized carbons (Fsp3) is 0.364. The molecule has 0 aromatic heterocycles. The summed E-state index contributed by atoms with van der Waals surface area (Å²) in [4.78, 5) is 27.3. The maximum absolute atomic E-state index is 13.4. The second-order valence-corrected chi connectivity index (χ2v) is 10.1. The Morgan fingerprint density at radius 3 is 2.38 bits per heavy atom. The van der Waals surface area contributed by atoms with Crippen molar-refractivity contribution in [1.82, 2.24) is 10.2 Å². The number of hydrogen-bond acceptors (Lipinski definition) is 4. The number of nitrogens with zero attached hydrogens (tertiary/aromatic N) is 2. The highest BCUT2D eigenvalue weighted by atomic mass is 35.5. The molecule has 0 fully saturated rings. The number of rotatable bonds is 10. The van der Waals surface area contributed by atoms with Crippen LogP contribution in [0.2, 0.25) is 10.0 Å². The average molecular weight is 500 g/mol. The van der Waals surface area contributed by atoms with E-state index in [-0.39, 0.29) is 23.2 Å². The first kappa shape index (κ1) is 26.0. The van der Waals surface area contributed by atoms with Crippen LogP contribution in [-0.4, -0.2) is 50.5 Å². The van der Waals surface area contributed by atoms with E-state index in [9.17, 15) is 18.0 Å². The fourth-order valence-corrected chi connectivity index (χ4v) is 4.42. The van der Waals surface area contributed by atoms with Crippen LogP contribution in [0.3, 0.4) is 0 Å². The summed E-state index contributed by atoms with van der Waals surface area (Å²) < 4.78 is 25.9. The predicted molar refractivity (Wildman–Crippen MR) is 128 cm³/mol. The van der Waals surface area contributed by atoms with Gasteiger partial charge in [-0.2, -0.15) is 0 Å².